The van der Waals surface area contributed by atoms with Crippen LogP contribution in [0.1, 0.15) is 46.1 Å². The molecule has 0 aliphatic rings. The van der Waals surface area contributed by atoms with Gasteiger partial charge in [-0.25, -0.2) is 0 Å². The van der Waals surface area contributed by atoms with Gasteiger partial charge in [0.25, 0.3) is 11.8 Å². The number of carbonyl (C=O) groups is 2. The second-order valence-corrected chi connectivity index (χ2v) is 8.28. The number of carbonyl (C=O) groups excluding carboxylic acids is 2. The number of amides is 2. The van der Waals surface area contributed by atoms with Crippen molar-refractivity contribution in [3.63, 3.8) is 0 Å². The fourth-order valence-electron chi connectivity index (χ4n) is 2.88. The minimum atomic E-state index is -0.373. The van der Waals surface area contributed by atoms with Gasteiger partial charge in [0.1, 0.15) is 5.57 Å². The summed E-state index contributed by atoms with van der Waals surface area (Å²) in [6.45, 7) is 9.43. The third kappa shape index (κ3) is 7.13. The van der Waals surface area contributed by atoms with E-state index in [2.05, 4.69) is 48.4 Å². The number of nitrogens with one attached hydrogen (secondary N) is 2. The molecule has 0 fully saturated rings. The van der Waals surface area contributed by atoms with Gasteiger partial charge in [0.05, 0.1) is 5.69 Å². The lowest BCUT2D eigenvalue weighted by Crippen LogP contribution is -2.36. The van der Waals surface area contributed by atoms with Crippen LogP contribution in [0, 0.1) is 11.8 Å². The predicted octanol–water partition coefficient (Wildman–Crippen LogP) is 3.19. The lowest BCUT2D eigenvalue weighted by Gasteiger charge is -2.12. The topological polar surface area (TPSA) is 88.9 Å². The smallest absolute Gasteiger partial charge is 0.256 e. The maximum Gasteiger partial charge on any atom is 0.256 e. The largest absolute Gasteiger partial charge is 0.352 e. The first-order valence-corrected chi connectivity index (χ1v) is 10.5. The molecule has 0 aliphatic carbocycles. The maximum atomic E-state index is 12.8. The summed E-state index contributed by atoms with van der Waals surface area (Å²) in [5, 5.41) is 10.3. The second-order valence-electron chi connectivity index (χ2n) is 8.28. The van der Waals surface area contributed by atoms with Gasteiger partial charge in [0, 0.05) is 49.9 Å². The third-order valence-corrected chi connectivity index (χ3v) is 4.61. The SMILES string of the molecule is CC(C)CCNC(=O)C(=Cc1cn(C)nc1-c1ccncc1)C(=O)NCCC(C)C. The van der Waals surface area contributed by atoms with Crippen molar-refractivity contribution >= 4 is 17.9 Å². The van der Waals surface area contributed by atoms with Gasteiger partial charge in [0.15, 0.2) is 0 Å². The van der Waals surface area contributed by atoms with Crippen LogP contribution in [0.4, 0.5) is 0 Å². The van der Waals surface area contributed by atoms with Crippen molar-refractivity contribution in [2.75, 3.05) is 13.1 Å². The first kappa shape index (κ1) is 23.3. The first-order chi connectivity index (χ1) is 14.3. The van der Waals surface area contributed by atoms with Crippen molar-refractivity contribution in [3.8, 4) is 11.3 Å². The van der Waals surface area contributed by atoms with E-state index in [1.807, 2.05) is 19.2 Å². The summed E-state index contributed by atoms with van der Waals surface area (Å²) in [6, 6.07) is 3.70. The van der Waals surface area contributed by atoms with Crippen molar-refractivity contribution in [1.29, 1.82) is 0 Å². The van der Waals surface area contributed by atoms with Crippen molar-refractivity contribution in [1.82, 2.24) is 25.4 Å². The molecule has 0 radical (unpaired) electrons. The van der Waals surface area contributed by atoms with E-state index in [-0.39, 0.29) is 17.4 Å². The van der Waals surface area contributed by atoms with Crippen molar-refractivity contribution < 1.29 is 9.59 Å². The van der Waals surface area contributed by atoms with Gasteiger partial charge in [-0.2, -0.15) is 5.10 Å². The number of aromatic nitrogens is 3. The fraction of sp³-hybridized carbons (Fsp3) is 0.478. The van der Waals surface area contributed by atoms with Crippen LogP contribution in [-0.4, -0.2) is 39.7 Å². The number of nitrogens with zero attached hydrogens (tertiary/aromatic N) is 3. The van der Waals surface area contributed by atoms with E-state index in [1.54, 1.807) is 29.3 Å². The van der Waals surface area contributed by atoms with Crippen LogP contribution in [0.25, 0.3) is 17.3 Å². The normalized spacial score (nSPS) is 10.9. The summed E-state index contributed by atoms with van der Waals surface area (Å²) >= 11 is 0. The molecule has 7 nitrogen and oxygen atoms in total. The summed E-state index contributed by atoms with van der Waals surface area (Å²) in [5.74, 6) is 0.188. The van der Waals surface area contributed by atoms with Gasteiger partial charge in [0.2, 0.25) is 0 Å². The molecular weight excluding hydrogens is 378 g/mol. The van der Waals surface area contributed by atoms with Gasteiger partial charge in [-0.15, -0.1) is 0 Å². The van der Waals surface area contributed by atoms with E-state index in [0.29, 0.717) is 36.2 Å². The van der Waals surface area contributed by atoms with Crippen LogP contribution in [-0.2, 0) is 16.6 Å². The molecule has 0 saturated carbocycles. The highest BCUT2D eigenvalue weighted by Crippen LogP contribution is 2.23. The highest BCUT2D eigenvalue weighted by molar-refractivity contribution is 6.21. The van der Waals surface area contributed by atoms with Gasteiger partial charge >= 0.3 is 0 Å². The molecule has 0 spiro atoms. The predicted molar refractivity (Wildman–Crippen MR) is 119 cm³/mol. The lowest BCUT2D eigenvalue weighted by atomic mass is 10.1. The van der Waals surface area contributed by atoms with Crippen molar-refractivity contribution in [2.24, 2.45) is 18.9 Å². The minimum Gasteiger partial charge on any atom is -0.352 e. The molecule has 0 unspecified atom stereocenters. The molecule has 30 heavy (non-hydrogen) atoms. The molecule has 0 saturated heterocycles. The lowest BCUT2D eigenvalue weighted by molar-refractivity contribution is -0.123. The molecule has 2 aromatic rings. The minimum absolute atomic E-state index is 0.0887. The molecule has 2 rings (SSSR count). The third-order valence-electron chi connectivity index (χ3n) is 4.61. The molecule has 0 aromatic carbocycles. The zero-order valence-corrected chi connectivity index (χ0v) is 18.6. The monoisotopic (exact) mass is 411 g/mol. The van der Waals surface area contributed by atoms with Crippen LogP contribution in [0.2, 0.25) is 0 Å². The van der Waals surface area contributed by atoms with E-state index in [1.165, 1.54) is 0 Å². The van der Waals surface area contributed by atoms with Crippen LogP contribution >= 0.6 is 0 Å². The Morgan fingerprint density at radius 1 is 1.00 bits per heavy atom. The fourth-order valence-corrected chi connectivity index (χ4v) is 2.88. The quantitative estimate of drug-likeness (QED) is 0.357. The zero-order valence-electron chi connectivity index (χ0n) is 18.6. The summed E-state index contributed by atoms with van der Waals surface area (Å²) in [6.07, 6.45) is 8.51. The van der Waals surface area contributed by atoms with Crippen LogP contribution in [0.5, 0.6) is 0 Å². The van der Waals surface area contributed by atoms with E-state index in [9.17, 15) is 9.59 Å². The van der Waals surface area contributed by atoms with Crippen molar-refractivity contribution in [3.05, 3.63) is 41.9 Å². The summed E-state index contributed by atoms with van der Waals surface area (Å²) < 4.78 is 1.67. The average molecular weight is 412 g/mol. The molecule has 0 bridgehead atoms. The van der Waals surface area contributed by atoms with E-state index >= 15 is 0 Å². The van der Waals surface area contributed by atoms with E-state index in [4.69, 9.17) is 0 Å². The Balaban J connectivity index is 2.32. The molecule has 2 heterocycles. The molecule has 2 amide bonds. The van der Waals surface area contributed by atoms with Crippen molar-refractivity contribution in [2.45, 2.75) is 40.5 Å². The highest BCUT2D eigenvalue weighted by atomic mass is 16.2. The number of hydrogen-bond donors (Lipinski definition) is 2. The van der Waals surface area contributed by atoms with Gasteiger partial charge < -0.3 is 10.6 Å². The van der Waals surface area contributed by atoms with Crippen LogP contribution in [0.15, 0.2) is 36.3 Å². The molecule has 7 heteroatoms. The summed E-state index contributed by atoms with van der Waals surface area (Å²) in [5.41, 5.74) is 2.36. The molecule has 2 aromatic heterocycles. The second kappa shape index (κ2) is 11.3. The first-order valence-electron chi connectivity index (χ1n) is 10.5. The molecule has 2 N–H and O–H groups in total. The van der Waals surface area contributed by atoms with Crippen LogP contribution in [0.3, 0.4) is 0 Å². The molecule has 0 atom stereocenters. The molecule has 162 valence electrons. The molecule has 0 aliphatic heterocycles. The van der Waals surface area contributed by atoms with Gasteiger partial charge in [-0.05, 0) is 42.9 Å². The number of hydrogen-bond acceptors (Lipinski definition) is 4. The Labute approximate surface area is 179 Å². The summed E-state index contributed by atoms with van der Waals surface area (Å²) in [7, 11) is 1.81. The number of aryl methyl sites for hydroxylation is 1. The Morgan fingerprint density at radius 2 is 1.53 bits per heavy atom. The maximum absolute atomic E-state index is 12.8. The van der Waals surface area contributed by atoms with E-state index < -0.39 is 0 Å². The van der Waals surface area contributed by atoms with Gasteiger partial charge in [-0.1, -0.05) is 27.7 Å². The standard InChI is InChI=1S/C23H33N5O2/c1-16(2)6-12-25-22(29)20(23(30)26-13-7-17(3)4)14-19-15-28(5)27-21(19)18-8-10-24-11-9-18/h8-11,14-17H,6-7,12-13H2,1-5H3,(H,25,29)(H,26,30). The average Bonchev–Trinajstić information content (AvgIpc) is 3.06. The van der Waals surface area contributed by atoms with Gasteiger partial charge in [-0.3, -0.25) is 19.3 Å². The number of pyridine rings is 1. The Morgan fingerprint density at radius 3 is 2.03 bits per heavy atom. The van der Waals surface area contributed by atoms with E-state index in [0.717, 1.165) is 18.4 Å². The highest BCUT2D eigenvalue weighted by Gasteiger charge is 2.20. The molecular formula is C23H33N5O2. The Kier molecular flexibility index (Phi) is 8.77. The summed E-state index contributed by atoms with van der Waals surface area (Å²) in [4.78, 5) is 29.7. The Hall–Kier alpha value is -2.96. The zero-order chi connectivity index (χ0) is 22.1. The van der Waals surface area contributed by atoms with Crippen LogP contribution < -0.4 is 10.6 Å². The number of rotatable bonds is 10. The Bertz CT molecular complexity index is 841.